The van der Waals surface area contributed by atoms with Crippen molar-refractivity contribution in [3.05, 3.63) is 65.2 Å². The number of hydrogen-bond acceptors (Lipinski definition) is 5. The minimum atomic E-state index is -0.367. The van der Waals surface area contributed by atoms with Crippen LogP contribution < -0.4 is 9.47 Å². The zero-order chi connectivity index (χ0) is 19.0. The van der Waals surface area contributed by atoms with E-state index < -0.39 is 0 Å². The lowest BCUT2D eigenvalue weighted by atomic mass is 10.0. The van der Waals surface area contributed by atoms with Crippen molar-refractivity contribution < 1.29 is 23.2 Å². The third kappa shape index (κ3) is 3.07. The zero-order valence-corrected chi connectivity index (χ0v) is 15.0. The topological polar surface area (TPSA) is 61.6 Å². The van der Waals surface area contributed by atoms with Crippen LogP contribution in [0.25, 0.3) is 11.3 Å². The SMILES string of the molecule is COc1ccccc1-c1cc(COc2ccc(F)c3c2C(=O)C[C@H]3C)on1. The third-order valence-corrected chi connectivity index (χ3v) is 4.73. The molecule has 3 aromatic rings. The molecular formula is C21H18FNO4. The number of carbonyl (C=O) groups is 1. The molecule has 0 spiro atoms. The van der Waals surface area contributed by atoms with Gasteiger partial charge in [0.15, 0.2) is 11.5 Å². The minimum Gasteiger partial charge on any atom is -0.496 e. The number of carbonyl (C=O) groups excluding carboxylic acids is 1. The van der Waals surface area contributed by atoms with E-state index in [1.165, 1.54) is 12.1 Å². The average Bonchev–Trinajstić information content (AvgIpc) is 3.26. The van der Waals surface area contributed by atoms with Gasteiger partial charge in [0.05, 0.1) is 12.7 Å². The number of ether oxygens (including phenoxy) is 2. The second-order valence-electron chi connectivity index (χ2n) is 6.53. The fourth-order valence-electron chi connectivity index (χ4n) is 3.46. The third-order valence-electron chi connectivity index (χ3n) is 4.73. The summed E-state index contributed by atoms with van der Waals surface area (Å²) in [6, 6.07) is 12.1. The number of hydrogen-bond donors (Lipinski definition) is 0. The number of ketones is 1. The first-order valence-electron chi connectivity index (χ1n) is 8.66. The van der Waals surface area contributed by atoms with Gasteiger partial charge in [-0.15, -0.1) is 0 Å². The maximum Gasteiger partial charge on any atom is 0.174 e. The molecule has 27 heavy (non-hydrogen) atoms. The molecular weight excluding hydrogens is 349 g/mol. The van der Waals surface area contributed by atoms with Crippen LogP contribution in [0.2, 0.25) is 0 Å². The molecule has 5 nitrogen and oxygen atoms in total. The van der Waals surface area contributed by atoms with Gasteiger partial charge in [0.2, 0.25) is 0 Å². The molecule has 0 radical (unpaired) electrons. The highest BCUT2D eigenvalue weighted by Crippen LogP contribution is 2.40. The molecule has 6 heteroatoms. The Balaban J connectivity index is 1.56. The molecule has 1 aliphatic carbocycles. The van der Waals surface area contributed by atoms with Crippen molar-refractivity contribution in [2.75, 3.05) is 7.11 Å². The van der Waals surface area contributed by atoms with Crippen LogP contribution in [0.5, 0.6) is 11.5 Å². The van der Waals surface area contributed by atoms with Crippen LogP contribution in [0.15, 0.2) is 47.0 Å². The summed E-state index contributed by atoms with van der Waals surface area (Å²) in [5.41, 5.74) is 2.21. The maximum absolute atomic E-state index is 14.1. The highest BCUT2D eigenvalue weighted by Gasteiger charge is 2.32. The monoisotopic (exact) mass is 367 g/mol. The Hall–Kier alpha value is -3.15. The van der Waals surface area contributed by atoms with Crippen LogP contribution in [0.1, 0.15) is 40.9 Å². The maximum atomic E-state index is 14.1. The van der Waals surface area contributed by atoms with Gasteiger partial charge in [0, 0.05) is 23.6 Å². The molecule has 0 fully saturated rings. The largest absolute Gasteiger partial charge is 0.496 e. The number of aromatic nitrogens is 1. The van der Waals surface area contributed by atoms with Crippen LogP contribution in [0.4, 0.5) is 4.39 Å². The zero-order valence-electron chi connectivity index (χ0n) is 15.0. The number of para-hydroxylation sites is 1. The van der Waals surface area contributed by atoms with Gasteiger partial charge in [-0.3, -0.25) is 4.79 Å². The summed E-state index contributed by atoms with van der Waals surface area (Å²) in [5, 5.41) is 4.06. The number of Topliss-reactive ketones (excluding diaryl/α,β-unsaturated/α-hetero) is 1. The van der Waals surface area contributed by atoms with E-state index in [1.54, 1.807) is 13.2 Å². The molecule has 1 aliphatic rings. The molecule has 0 unspecified atom stereocenters. The summed E-state index contributed by atoms with van der Waals surface area (Å²) in [7, 11) is 1.59. The van der Waals surface area contributed by atoms with E-state index in [-0.39, 0.29) is 24.1 Å². The summed E-state index contributed by atoms with van der Waals surface area (Å²) in [6.07, 6.45) is 0.298. The summed E-state index contributed by atoms with van der Waals surface area (Å²) in [6.45, 7) is 1.93. The molecule has 0 amide bonds. The number of halogens is 1. The van der Waals surface area contributed by atoms with Crippen molar-refractivity contribution in [1.29, 1.82) is 0 Å². The van der Waals surface area contributed by atoms with Crippen molar-refractivity contribution in [3.8, 4) is 22.8 Å². The van der Waals surface area contributed by atoms with Crippen LogP contribution in [0, 0.1) is 5.82 Å². The Labute approximate surface area is 155 Å². The highest BCUT2D eigenvalue weighted by molar-refractivity contribution is 6.03. The Bertz CT molecular complexity index is 1010. The summed E-state index contributed by atoms with van der Waals surface area (Å²) >= 11 is 0. The first-order chi connectivity index (χ1) is 13.1. The molecule has 0 saturated heterocycles. The van der Waals surface area contributed by atoms with E-state index in [2.05, 4.69) is 5.16 Å². The van der Waals surface area contributed by atoms with Crippen molar-refractivity contribution in [1.82, 2.24) is 5.16 Å². The van der Waals surface area contributed by atoms with Crippen LogP contribution >= 0.6 is 0 Å². The molecule has 138 valence electrons. The average molecular weight is 367 g/mol. The molecule has 0 bridgehead atoms. The standard InChI is InChI=1S/C21H18FNO4/c1-12-9-17(24)21-19(8-7-15(22)20(12)21)26-11-13-10-16(23-27-13)14-5-3-4-6-18(14)25-2/h3-8,10,12H,9,11H2,1-2H3/t12-/m1/s1. The van der Waals surface area contributed by atoms with Gasteiger partial charge in [-0.1, -0.05) is 24.2 Å². The van der Waals surface area contributed by atoms with E-state index >= 15 is 0 Å². The molecule has 1 aromatic heterocycles. The molecule has 0 N–H and O–H groups in total. The van der Waals surface area contributed by atoms with E-state index in [0.29, 0.717) is 40.5 Å². The van der Waals surface area contributed by atoms with Crippen molar-refractivity contribution in [2.24, 2.45) is 0 Å². The van der Waals surface area contributed by atoms with Gasteiger partial charge in [-0.2, -0.15) is 0 Å². The lowest BCUT2D eigenvalue weighted by molar-refractivity contribution is 0.0985. The van der Waals surface area contributed by atoms with Gasteiger partial charge in [0.25, 0.3) is 0 Å². The van der Waals surface area contributed by atoms with E-state index in [4.69, 9.17) is 14.0 Å². The normalized spacial score (nSPS) is 15.7. The number of fused-ring (bicyclic) bond motifs is 1. The summed E-state index contributed by atoms with van der Waals surface area (Å²) in [4.78, 5) is 12.2. The predicted molar refractivity (Wildman–Crippen MR) is 96.6 cm³/mol. The lowest BCUT2D eigenvalue weighted by Crippen LogP contribution is -2.02. The molecule has 1 atom stereocenters. The number of benzene rings is 2. The number of rotatable bonds is 5. The summed E-state index contributed by atoms with van der Waals surface area (Å²) in [5.74, 6) is 0.948. The van der Waals surface area contributed by atoms with Crippen LogP contribution in [0.3, 0.4) is 0 Å². The first-order valence-corrected chi connectivity index (χ1v) is 8.66. The van der Waals surface area contributed by atoms with E-state index in [9.17, 15) is 9.18 Å². The van der Waals surface area contributed by atoms with Gasteiger partial charge in [-0.05, 0) is 30.2 Å². The lowest BCUT2D eigenvalue weighted by Gasteiger charge is -2.10. The Morgan fingerprint density at radius 3 is 2.85 bits per heavy atom. The van der Waals surface area contributed by atoms with E-state index in [1.807, 2.05) is 31.2 Å². The number of methoxy groups -OCH3 is 1. The Morgan fingerprint density at radius 1 is 1.22 bits per heavy atom. The molecule has 1 heterocycles. The van der Waals surface area contributed by atoms with E-state index in [0.717, 1.165) is 5.56 Å². The highest BCUT2D eigenvalue weighted by atomic mass is 19.1. The quantitative estimate of drug-likeness (QED) is 0.651. The smallest absolute Gasteiger partial charge is 0.174 e. The first kappa shape index (κ1) is 17.3. The van der Waals surface area contributed by atoms with Crippen molar-refractivity contribution in [3.63, 3.8) is 0 Å². The van der Waals surface area contributed by atoms with Crippen molar-refractivity contribution in [2.45, 2.75) is 25.9 Å². The molecule has 4 rings (SSSR count). The Kier molecular flexibility index (Phi) is 4.39. The predicted octanol–water partition coefficient (Wildman–Crippen LogP) is 4.76. The second-order valence-corrected chi connectivity index (χ2v) is 6.53. The fourth-order valence-corrected chi connectivity index (χ4v) is 3.46. The molecule has 0 saturated carbocycles. The second kappa shape index (κ2) is 6.87. The van der Waals surface area contributed by atoms with Crippen LogP contribution in [-0.4, -0.2) is 18.0 Å². The summed E-state index contributed by atoms with van der Waals surface area (Å²) < 4.78 is 30.5. The Morgan fingerprint density at radius 2 is 2.04 bits per heavy atom. The van der Waals surface area contributed by atoms with Crippen molar-refractivity contribution >= 4 is 5.78 Å². The van der Waals surface area contributed by atoms with Gasteiger partial charge < -0.3 is 14.0 Å². The van der Waals surface area contributed by atoms with Gasteiger partial charge >= 0.3 is 0 Å². The molecule has 2 aromatic carbocycles. The van der Waals surface area contributed by atoms with Gasteiger partial charge in [-0.25, -0.2) is 4.39 Å². The van der Waals surface area contributed by atoms with Crippen LogP contribution in [-0.2, 0) is 6.61 Å². The molecule has 0 aliphatic heterocycles. The minimum absolute atomic E-state index is 0.0852. The fraction of sp³-hybridized carbons (Fsp3) is 0.238. The van der Waals surface area contributed by atoms with Gasteiger partial charge in [0.1, 0.15) is 29.6 Å². The number of nitrogens with zero attached hydrogens (tertiary/aromatic N) is 1.